The average Bonchev–Trinajstić information content (AvgIpc) is 2.28. The summed E-state index contributed by atoms with van der Waals surface area (Å²) in [5.74, 6) is 0. The first kappa shape index (κ1) is 18.2. The molecule has 4 heteroatoms. The summed E-state index contributed by atoms with van der Waals surface area (Å²) >= 11 is 0. The summed E-state index contributed by atoms with van der Waals surface area (Å²) < 4.78 is 0. The van der Waals surface area contributed by atoms with E-state index < -0.39 is 0 Å². The fourth-order valence-electron chi connectivity index (χ4n) is 1.43. The van der Waals surface area contributed by atoms with Crippen LogP contribution in [0, 0.1) is 0 Å². The second kappa shape index (κ2) is 12.9. The highest BCUT2D eigenvalue weighted by Crippen LogP contribution is 1.91. The smallest absolute Gasteiger partial charge is 0.104 e. The van der Waals surface area contributed by atoms with Gasteiger partial charge in [-0.05, 0) is 33.1 Å². The molecule has 0 saturated carbocycles. The highest BCUT2D eigenvalue weighted by molar-refractivity contribution is 4.49. The lowest BCUT2D eigenvalue weighted by Crippen LogP contribution is -2.32. The molecule has 100 valence electrons. The van der Waals surface area contributed by atoms with Crippen molar-refractivity contribution in [3.05, 3.63) is 0 Å². The largest absolute Gasteiger partial charge is 0.395 e. The van der Waals surface area contributed by atoms with Crippen LogP contribution in [0.2, 0.25) is 0 Å². The van der Waals surface area contributed by atoms with Crippen LogP contribution in [0.1, 0.15) is 34.6 Å². The minimum Gasteiger partial charge on any atom is -0.395 e. The fourth-order valence-corrected chi connectivity index (χ4v) is 1.43. The van der Waals surface area contributed by atoms with Crippen LogP contribution in [0.25, 0.3) is 0 Å². The summed E-state index contributed by atoms with van der Waals surface area (Å²) in [5, 5.41) is 17.4. The Hall–Kier alpha value is -0.160. The number of hydrogen-bond acceptors (Lipinski definition) is 4. The van der Waals surface area contributed by atoms with Crippen molar-refractivity contribution in [3.63, 3.8) is 0 Å². The fraction of sp³-hybridized carbons (Fsp3) is 1.00. The molecule has 2 N–H and O–H groups in total. The number of aliphatic hydroxyl groups is 2. The first-order valence-corrected chi connectivity index (χ1v) is 6.32. The van der Waals surface area contributed by atoms with Gasteiger partial charge in [-0.15, -0.1) is 0 Å². The molecule has 16 heavy (non-hydrogen) atoms. The van der Waals surface area contributed by atoms with E-state index in [9.17, 15) is 0 Å². The Morgan fingerprint density at radius 1 is 0.938 bits per heavy atom. The van der Waals surface area contributed by atoms with Crippen molar-refractivity contribution >= 4 is 0 Å². The first-order valence-electron chi connectivity index (χ1n) is 6.32. The second-order valence-electron chi connectivity index (χ2n) is 3.60. The van der Waals surface area contributed by atoms with Gasteiger partial charge < -0.3 is 15.1 Å². The van der Waals surface area contributed by atoms with Crippen LogP contribution in [0.15, 0.2) is 0 Å². The van der Waals surface area contributed by atoms with Gasteiger partial charge in [-0.2, -0.15) is 0 Å². The van der Waals surface area contributed by atoms with E-state index in [0.29, 0.717) is 0 Å². The van der Waals surface area contributed by atoms with Crippen LogP contribution in [-0.2, 0) is 0 Å². The molecule has 4 nitrogen and oxygen atoms in total. The molecule has 0 radical (unpaired) electrons. The third-order valence-electron chi connectivity index (χ3n) is 2.65. The molecule has 0 rings (SSSR count). The Labute approximate surface area is 101 Å². The van der Waals surface area contributed by atoms with Gasteiger partial charge in [0.05, 0.1) is 6.61 Å². The lowest BCUT2D eigenvalue weighted by atomic mass is 10.5. The molecule has 0 aromatic heterocycles. The zero-order valence-electron chi connectivity index (χ0n) is 11.6. The van der Waals surface area contributed by atoms with E-state index in [2.05, 4.69) is 18.7 Å². The van der Waals surface area contributed by atoms with E-state index in [1.54, 1.807) is 6.92 Å². The Morgan fingerprint density at radius 2 is 1.38 bits per heavy atom. The van der Waals surface area contributed by atoms with Crippen LogP contribution in [0.5, 0.6) is 0 Å². The van der Waals surface area contributed by atoms with Crippen molar-refractivity contribution < 1.29 is 10.2 Å². The molecule has 0 aliphatic heterocycles. The van der Waals surface area contributed by atoms with E-state index in [-0.39, 0.29) is 12.8 Å². The van der Waals surface area contributed by atoms with Crippen molar-refractivity contribution in [3.8, 4) is 0 Å². The van der Waals surface area contributed by atoms with Gasteiger partial charge in [-0.1, -0.05) is 27.7 Å². The molecule has 0 bridgehead atoms. The number of aliphatic hydroxyl groups excluding tert-OH is 2. The summed E-state index contributed by atoms with van der Waals surface area (Å²) in [6.45, 7) is 15.1. The third kappa shape index (κ3) is 10.4. The summed E-state index contributed by atoms with van der Waals surface area (Å²) in [4.78, 5) is 4.15. The lowest BCUT2D eigenvalue weighted by Gasteiger charge is -2.20. The monoisotopic (exact) mass is 234 g/mol. The van der Waals surface area contributed by atoms with Gasteiger partial charge >= 0.3 is 0 Å². The van der Waals surface area contributed by atoms with E-state index in [1.165, 1.54) is 0 Å². The average molecular weight is 234 g/mol. The quantitative estimate of drug-likeness (QED) is 0.645. The highest BCUT2D eigenvalue weighted by Gasteiger charge is 2.02. The topological polar surface area (TPSA) is 46.9 Å². The van der Waals surface area contributed by atoms with E-state index in [0.717, 1.165) is 32.7 Å². The zero-order chi connectivity index (χ0) is 13.0. The molecule has 1 atom stereocenters. The number of likely N-dealkylation sites (N-methyl/N-ethyl adjacent to an activating group) is 1. The second-order valence-corrected chi connectivity index (χ2v) is 3.60. The van der Waals surface area contributed by atoms with Crippen molar-refractivity contribution in [1.82, 2.24) is 9.80 Å². The third-order valence-corrected chi connectivity index (χ3v) is 2.65. The molecule has 0 aliphatic rings. The summed E-state index contributed by atoms with van der Waals surface area (Å²) in [7, 11) is 0. The predicted molar refractivity (Wildman–Crippen MR) is 69.5 cm³/mol. The van der Waals surface area contributed by atoms with Crippen LogP contribution in [0.3, 0.4) is 0 Å². The van der Waals surface area contributed by atoms with Crippen LogP contribution in [-0.4, -0.2) is 65.6 Å². The SMILES string of the molecule is CCN(CC)C(C)O.CCN(CC)CCO. The van der Waals surface area contributed by atoms with Crippen LogP contribution < -0.4 is 0 Å². The van der Waals surface area contributed by atoms with Crippen molar-refractivity contribution in [2.75, 3.05) is 39.3 Å². The van der Waals surface area contributed by atoms with Gasteiger partial charge in [0.2, 0.25) is 0 Å². The molecule has 0 saturated heterocycles. The minimum absolute atomic E-state index is 0.279. The van der Waals surface area contributed by atoms with Gasteiger partial charge in [-0.25, -0.2) is 0 Å². The maximum Gasteiger partial charge on any atom is 0.104 e. The minimum atomic E-state index is -0.287. The molecular weight excluding hydrogens is 204 g/mol. The molecule has 0 fully saturated rings. The Balaban J connectivity index is 0. The van der Waals surface area contributed by atoms with Crippen LogP contribution in [0.4, 0.5) is 0 Å². The van der Waals surface area contributed by atoms with E-state index in [1.807, 2.05) is 18.7 Å². The standard InChI is InChI=1S/2C6H15NO/c1-4-7(5-2)6(3)8;1-3-7(4-2)5-6-8/h6,8H,4-5H2,1-3H3;8H,3-6H2,1-2H3. The zero-order valence-corrected chi connectivity index (χ0v) is 11.6. The molecular formula is C12H30N2O2. The van der Waals surface area contributed by atoms with Crippen molar-refractivity contribution in [1.29, 1.82) is 0 Å². The van der Waals surface area contributed by atoms with Gasteiger partial charge in [-0.3, -0.25) is 4.90 Å². The maximum absolute atomic E-state index is 8.94. The molecule has 0 spiro atoms. The Morgan fingerprint density at radius 3 is 1.44 bits per heavy atom. The lowest BCUT2D eigenvalue weighted by molar-refractivity contribution is 0.0265. The molecule has 0 aliphatic carbocycles. The van der Waals surface area contributed by atoms with Crippen LogP contribution >= 0.6 is 0 Å². The van der Waals surface area contributed by atoms with Crippen molar-refractivity contribution in [2.45, 2.75) is 40.8 Å². The number of rotatable bonds is 7. The maximum atomic E-state index is 8.94. The molecule has 0 aromatic rings. The molecule has 0 aromatic carbocycles. The molecule has 1 unspecified atom stereocenters. The van der Waals surface area contributed by atoms with Gasteiger partial charge in [0.25, 0.3) is 0 Å². The molecule has 0 heterocycles. The first-order chi connectivity index (χ1) is 7.56. The molecule has 0 amide bonds. The van der Waals surface area contributed by atoms with Gasteiger partial charge in [0.15, 0.2) is 0 Å². The summed E-state index contributed by atoms with van der Waals surface area (Å²) in [5.41, 5.74) is 0. The Bertz CT molecular complexity index is 124. The van der Waals surface area contributed by atoms with E-state index in [4.69, 9.17) is 10.2 Å². The van der Waals surface area contributed by atoms with Crippen molar-refractivity contribution in [2.24, 2.45) is 0 Å². The summed E-state index contributed by atoms with van der Waals surface area (Å²) in [6.07, 6.45) is -0.287. The number of hydrogen-bond donors (Lipinski definition) is 2. The van der Waals surface area contributed by atoms with E-state index >= 15 is 0 Å². The Kier molecular flexibility index (Phi) is 14.7. The number of nitrogens with zero attached hydrogens (tertiary/aromatic N) is 2. The normalized spacial score (nSPS) is 12.6. The predicted octanol–water partition coefficient (Wildman–Crippen LogP) is 0.987. The highest BCUT2D eigenvalue weighted by atomic mass is 16.3. The summed E-state index contributed by atoms with van der Waals surface area (Å²) in [6, 6.07) is 0. The van der Waals surface area contributed by atoms with Gasteiger partial charge in [0, 0.05) is 6.54 Å². The van der Waals surface area contributed by atoms with Gasteiger partial charge in [0.1, 0.15) is 6.23 Å².